The Balaban J connectivity index is 1.68. The maximum Gasteiger partial charge on any atom is 0.0364 e. The second-order valence-electron chi connectivity index (χ2n) is 6.87. The first kappa shape index (κ1) is 14.8. The summed E-state index contributed by atoms with van der Waals surface area (Å²) in [4.78, 5) is 1.50. The molecule has 0 amide bonds. The number of hydrogen-bond donors (Lipinski definition) is 0. The molecule has 2 aliphatic rings. The Morgan fingerprint density at radius 1 is 1.25 bits per heavy atom. The molecule has 2 heteroatoms. The van der Waals surface area contributed by atoms with Gasteiger partial charge in [-0.05, 0) is 61.0 Å². The fourth-order valence-corrected chi connectivity index (χ4v) is 5.51. The first-order valence-electron chi connectivity index (χ1n) is 8.01. The van der Waals surface area contributed by atoms with Crippen LogP contribution in [-0.4, -0.2) is 11.1 Å². The summed E-state index contributed by atoms with van der Waals surface area (Å²) >= 11 is 8.68. The number of alkyl halides is 1. The predicted octanol–water partition coefficient (Wildman–Crippen LogP) is 5.95. The fraction of sp³-hybridized carbons (Fsp3) is 0.667. The highest BCUT2D eigenvalue weighted by atomic mass is 35.5. The van der Waals surface area contributed by atoms with Gasteiger partial charge in [-0.15, -0.1) is 23.4 Å². The van der Waals surface area contributed by atoms with Gasteiger partial charge in [0, 0.05) is 16.0 Å². The fourth-order valence-electron chi connectivity index (χ4n) is 3.90. The van der Waals surface area contributed by atoms with Gasteiger partial charge in [-0.2, -0.15) is 0 Å². The van der Waals surface area contributed by atoms with E-state index < -0.39 is 0 Å². The van der Waals surface area contributed by atoms with Gasteiger partial charge in [0.25, 0.3) is 0 Å². The number of thioether (sulfide) groups is 1. The Hall–Kier alpha value is -0.140. The van der Waals surface area contributed by atoms with Crippen LogP contribution in [0.3, 0.4) is 0 Å². The van der Waals surface area contributed by atoms with Gasteiger partial charge in [-0.1, -0.05) is 32.0 Å². The van der Waals surface area contributed by atoms with Crippen molar-refractivity contribution in [2.75, 3.05) is 5.75 Å². The second kappa shape index (κ2) is 6.32. The topological polar surface area (TPSA) is 0 Å². The number of hydrogen-bond acceptors (Lipinski definition) is 1. The van der Waals surface area contributed by atoms with Crippen LogP contribution in [0.1, 0.15) is 51.0 Å². The monoisotopic (exact) mass is 308 g/mol. The lowest BCUT2D eigenvalue weighted by atomic mass is 9.73. The van der Waals surface area contributed by atoms with Crippen molar-refractivity contribution in [1.29, 1.82) is 0 Å². The SMILES string of the molecule is CC(C)C1CCC(Cl)C(CC2CSc3ccccc32)C1. The van der Waals surface area contributed by atoms with Gasteiger partial charge in [0.15, 0.2) is 0 Å². The first-order valence-corrected chi connectivity index (χ1v) is 9.43. The number of rotatable bonds is 3. The minimum Gasteiger partial charge on any atom is -0.125 e. The Labute approximate surface area is 132 Å². The Bertz CT molecular complexity index is 456. The third-order valence-corrected chi connectivity index (χ3v) is 7.09. The summed E-state index contributed by atoms with van der Waals surface area (Å²) < 4.78 is 0. The van der Waals surface area contributed by atoms with Crippen molar-refractivity contribution in [3.63, 3.8) is 0 Å². The molecule has 4 atom stereocenters. The molecule has 1 fully saturated rings. The molecule has 1 aromatic rings. The van der Waals surface area contributed by atoms with Gasteiger partial charge in [-0.3, -0.25) is 0 Å². The molecule has 110 valence electrons. The van der Waals surface area contributed by atoms with Crippen LogP contribution in [0.25, 0.3) is 0 Å². The molecule has 0 bridgehead atoms. The van der Waals surface area contributed by atoms with Crippen molar-refractivity contribution in [2.24, 2.45) is 17.8 Å². The number of fused-ring (bicyclic) bond motifs is 1. The van der Waals surface area contributed by atoms with Crippen molar-refractivity contribution in [1.82, 2.24) is 0 Å². The number of benzene rings is 1. The van der Waals surface area contributed by atoms with Crippen LogP contribution in [0.5, 0.6) is 0 Å². The van der Waals surface area contributed by atoms with E-state index in [2.05, 4.69) is 38.1 Å². The quantitative estimate of drug-likeness (QED) is 0.622. The lowest BCUT2D eigenvalue weighted by Crippen LogP contribution is -2.29. The summed E-state index contributed by atoms with van der Waals surface area (Å²) in [6.45, 7) is 4.74. The lowest BCUT2D eigenvalue weighted by molar-refractivity contribution is 0.205. The summed E-state index contributed by atoms with van der Waals surface area (Å²) in [6, 6.07) is 8.95. The van der Waals surface area contributed by atoms with Gasteiger partial charge in [-0.25, -0.2) is 0 Å². The van der Waals surface area contributed by atoms with Crippen LogP contribution in [0.4, 0.5) is 0 Å². The van der Waals surface area contributed by atoms with Gasteiger partial charge in [0.1, 0.15) is 0 Å². The van der Waals surface area contributed by atoms with Crippen LogP contribution in [0.2, 0.25) is 0 Å². The van der Waals surface area contributed by atoms with E-state index in [1.807, 2.05) is 11.8 Å². The third-order valence-electron chi connectivity index (χ3n) is 5.26. The van der Waals surface area contributed by atoms with E-state index in [-0.39, 0.29) is 0 Å². The highest BCUT2D eigenvalue weighted by molar-refractivity contribution is 7.99. The molecule has 1 aliphatic heterocycles. The maximum absolute atomic E-state index is 6.65. The van der Waals surface area contributed by atoms with Crippen molar-refractivity contribution in [3.8, 4) is 0 Å². The average molecular weight is 309 g/mol. The van der Waals surface area contributed by atoms with Crippen LogP contribution in [0, 0.1) is 17.8 Å². The molecule has 1 heterocycles. The van der Waals surface area contributed by atoms with Crippen molar-refractivity contribution < 1.29 is 0 Å². The van der Waals surface area contributed by atoms with E-state index in [4.69, 9.17) is 11.6 Å². The molecule has 0 radical (unpaired) electrons. The highest BCUT2D eigenvalue weighted by Crippen LogP contribution is 2.46. The van der Waals surface area contributed by atoms with Crippen LogP contribution in [0.15, 0.2) is 29.2 Å². The van der Waals surface area contributed by atoms with Crippen LogP contribution < -0.4 is 0 Å². The van der Waals surface area contributed by atoms with Gasteiger partial charge in [0.05, 0.1) is 0 Å². The van der Waals surface area contributed by atoms with Gasteiger partial charge < -0.3 is 0 Å². The van der Waals surface area contributed by atoms with Crippen LogP contribution >= 0.6 is 23.4 Å². The lowest BCUT2D eigenvalue weighted by Gasteiger charge is -2.36. The molecule has 0 N–H and O–H groups in total. The van der Waals surface area contributed by atoms with E-state index in [1.54, 1.807) is 5.56 Å². The van der Waals surface area contributed by atoms with Gasteiger partial charge in [0.2, 0.25) is 0 Å². The second-order valence-corrected chi connectivity index (χ2v) is 8.50. The average Bonchev–Trinajstić information content (AvgIpc) is 2.84. The number of halogens is 1. The maximum atomic E-state index is 6.65. The molecule has 1 aromatic carbocycles. The first-order chi connectivity index (χ1) is 9.65. The molecule has 0 nitrogen and oxygen atoms in total. The molecule has 0 saturated heterocycles. The summed E-state index contributed by atoms with van der Waals surface area (Å²) in [5, 5.41) is 0.405. The molecular formula is C18H25ClS. The highest BCUT2D eigenvalue weighted by Gasteiger charge is 2.34. The summed E-state index contributed by atoms with van der Waals surface area (Å²) in [6.07, 6.45) is 5.19. The zero-order valence-electron chi connectivity index (χ0n) is 12.5. The van der Waals surface area contributed by atoms with Crippen molar-refractivity contribution in [2.45, 2.75) is 55.7 Å². The van der Waals surface area contributed by atoms with Crippen LogP contribution in [-0.2, 0) is 0 Å². The molecule has 3 rings (SSSR count). The Morgan fingerprint density at radius 3 is 2.85 bits per heavy atom. The van der Waals surface area contributed by atoms with E-state index in [9.17, 15) is 0 Å². The standard InChI is InChI=1S/C18H25ClS/c1-12(2)13-7-8-17(19)14(9-13)10-15-11-20-18-6-4-3-5-16(15)18/h3-6,12-15,17H,7-11H2,1-2H3. The normalized spacial score (nSPS) is 33.4. The third kappa shape index (κ3) is 3.04. The minimum atomic E-state index is 0.405. The van der Waals surface area contributed by atoms with E-state index in [1.165, 1.54) is 36.3 Å². The zero-order valence-corrected chi connectivity index (χ0v) is 14.1. The molecular weight excluding hydrogens is 284 g/mol. The van der Waals surface area contributed by atoms with E-state index in [0.717, 1.165) is 23.7 Å². The summed E-state index contributed by atoms with van der Waals surface area (Å²) in [5.41, 5.74) is 1.58. The Morgan fingerprint density at radius 2 is 2.05 bits per heavy atom. The van der Waals surface area contributed by atoms with Crippen molar-refractivity contribution >= 4 is 23.4 Å². The zero-order chi connectivity index (χ0) is 14.1. The minimum absolute atomic E-state index is 0.405. The molecule has 1 saturated carbocycles. The molecule has 1 aliphatic carbocycles. The smallest absolute Gasteiger partial charge is 0.0364 e. The molecule has 20 heavy (non-hydrogen) atoms. The largest absolute Gasteiger partial charge is 0.125 e. The molecule has 0 spiro atoms. The summed E-state index contributed by atoms with van der Waals surface area (Å²) in [5.74, 6) is 4.40. The van der Waals surface area contributed by atoms with E-state index in [0.29, 0.717) is 5.38 Å². The van der Waals surface area contributed by atoms with Gasteiger partial charge >= 0.3 is 0 Å². The van der Waals surface area contributed by atoms with E-state index >= 15 is 0 Å². The van der Waals surface area contributed by atoms with Crippen molar-refractivity contribution in [3.05, 3.63) is 29.8 Å². The molecule has 0 aromatic heterocycles. The Kier molecular flexibility index (Phi) is 4.67. The summed E-state index contributed by atoms with van der Waals surface area (Å²) in [7, 11) is 0. The molecule has 4 unspecified atom stereocenters. The predicted molar refractivity (Wildman–Crippen MR) is 89.8 cm³/mol.